The fraction of sp³-hybridized carbons (Fsp3) is 0.222. The first-order valence-corrected chi connectivity index (χ1v) is 6.04. The van der Waals surface area contributed by atoms with Crippen LogP contribution in [0.5, 0.6) is 0 Å². The molecule has 0 saturated carbocycles. The minimum absolute atomic E-state index is 0.399. The molecule has 6 heteroatoms. The molecule has 15 heavy (non-hydrogen) atoms. The Kier molecular flexibility index (Phi) is 3.43. The van der Waals surface area contributed by atoms with E-state index in [1.165, 1.54) is 0 Å². The van der Waals surface area contributed by atoms with Gasteiger partial charge in [-0.15, -0.1) is 0 Å². The summed E-state index contributed by atoms with van der Waals surface area (Å²) >= 11 is 0. The van der Waals surface area contributed by atoms with Gasteiger partial charge in [0.15, 0.2) is 0 Å². The number of nitrogens with one attached hydrogen (secondary N) is 1. The Bertz CT molecular complexity index is 440. The zero-order valence-corrected chi connectivity index (χ0v) is 8.86. The summed E-state index contributed by atoms with van der Waals surface area (Å²) < 4.78 is 23.9. The van der Waals surface area contributed by atoms with Gasteiger partial charge in [0.25, 0.3) is 0 Å². The third-order valence-electron chi connectivity index (χ3n) is 1.71. The molecule has 1 atom stereocenters. The molecular weight excluding hydrogens is 218 g/mol. The molecule has 0 aliphatic rings. The molecular formula is C9H11NO4S. The maximum absolute atomic E-state index is 10.9. The molecule has 2 N–H and O–H groups in total. The van der Waals surface area contributed by atoms with Crippen LogP contribution in [0.2, 0.25) is 0 Å². The topological polar surface area (TPSA) is 83.5 Å². The summed E-state index contributed by atoms with van der Waals surface area (Å²) in [6.07, 6.45) is 0.922. The molecule has 5 nitrogen and oxygen atoms in total. The Morgan fingerprint density at radius 1 is 1.33 bits per heavy atom. The molecule has 0 aromatic heterocycles. The van der Waals surface area contributed by atoms with Gasteiger partial charge in [-0.25, -0.2) is 8.42 Å². The van der Waals surface area contributed by atoms with Crippen LogP contribution in [0.15, 0.2) is 30.3 Å². The van der Waals surface area contributed by atoms with Gasteiger partial charge in [-0.3, -0.25) is 4.79 Å². The van der Waals surface area contributed by atoms with Crippen LogP contribution in [0.4, 0.5) is 0 Å². The Morgan fingerprint density at radius 2 is 1.87 bits per heavy atom. The van der Waals surface area contributed by atoms with Crippen LogP contribution < -0.4 is 4.72 Å². The minimum atomic E-state index is -3.55. The highest BCUT2D eigenvalue weighted by Gasteiger charge is 2.22. The molecule has 0 radical (unpaired) electrons. The lowest BCUT2D eigenvalue weighted by Gasteiger charge is -2.12. The van der Waals surface area contributed by atoms with Crippen molar-refractivity contribution in [2.24, 2.45) is 0 Å². The van der Waals surface area contributed by atoms with Crippen LogP contribution in [-0.4, -0.2) is 25.7 Å². The molecule has 1 rings (SSSR count). The highest BCUT2D eigenvalue weighted by atomic mass is 32.2. The number of carboxylic acids is 1. The van der Waals surface area contributed by atoms with Crippen LogP contribution >= 0.6 is 0 Å². The van der Waals surface area contributed by atoms with Crippen LogP contribution in [0.25, 0.3) is 0 Å². The number of sulfonamides is 1. The average molecular weight is 229 g/mol. The zero-order chi connectivity index (χ0) is 11.5. The van der Waals surface area contributed by atoms with E-state index in [0.717, 1.165) is 6.26 Å². The lowest BCUT2D eigenvalue weighted by atomic mass is 10.1. The van der Waals surface area contributed by atoms with Crippen molar-refractivity contribution in [1.82, 2.24) is 4.72 Å². The SMILES string of the molecule is CS(=O)(=O)N[C@@H](C(=O)O)c1ccccc1. The zero-order valence-electron chi connectivity index (χ0n) is 8.04. The van der Waals surface area contributed by atoms with Gasteiger partial charge in [0, 0.05) is 0 Å². The van der Waals surface area contributed by atoms with Gasteiger partial charge in [0.05, 0.1) is 6.26 Å². The van der Waals surface area contributed by atoms with Gasteiger partial charge < -0.3 is 5.11 Å². The van der Waals surface area contributed by atoms with Crippen LogP contribution in [0.1, 0.15) is 11.6 Å². The highest BCUT2D eigenvalue weighted by molar-refractivity contribution is 7.88. The van der Waals surface area contributed by atoms with E-state index >= 15 is 0 Å². The van der Waals surface area contributed by atoms with Crippen molar-refractivity contribution in [1.29, 1.82) is 0 Å². The maximum atomic E-state index is 10.9. The summed E-state index contributed by atoms with van der Waals surface area (Å²) in [7, 11) is -3.55. The van der Waals surface area contributed by atoms with Gasteiger partial charge in [-0.2, -0.15) is 4.72 Å². The minimum Gasteiger partial charge on any atom is -0.480 e. The molecule has 0 unspecified atom stereocenters. The molecule has 0 fully saturated rings. The highest BCUT2D eigenvalue weighted by Crippen LogP contribution is 2.13. The predicted octanol–water partition coefficient (Wildman–Crippen LogP) is 0.361. The first-order chi connectivity index (χ1) is 6.90. The lowest BCUT2D eigenvalue weighted by molar-refractivity contribution is -0.139. The number of carboxylic acid groups (broad SMARTS) is 1. The van der Waals surface area contributed by atoms with E-state index in [9.17, 15) is 13.2 Å². The fourth-order valence-corrected chi connectivity index (χ4v) is 1.79. The second kappa shape index (κ2) is 4.41. The summed E-state index contributed by atoms with van der Waals surface area (Å²) in [6, 6.07) is 6.89. The maximum Gasteiger partial charge on any atom is 0.326 e. The second-order valence-corrected chi connectivity index (χ2v) is 4.85. The Balaban J connectivity index is 3.00. The predicted molar refractivity (Wildman–Crippen MR) is 54.8 cm³/mol. The van der Waals surface area contributed by atoms with E-state index < -0.39 is 22.0 Å². The molecule has 0 bridgehead atoms. The molecule has 0 amide bonds. The van der Waals surface area contributed by atoms with E-state index in [4.69, 9.17) is 5.11 Å². The van der Waals surface area contributed by atoms with Crippen LogP contribution in [0, 0.1) is 0 Å². The van der Waals surface area contributed by atoms with E-state index in [-0.39, 0.29) is 0 Å². The first kappa shape index (κ1) is 11.7. The van der Waals surface area contributed by atoms with Gasteiger partial charge in [-0.1, -0.05) is 30.3 Å². The Hall–Kier alpha value is -1.40. The molecule has 0 heterocycles. The van der Waals surface area contributed by atoms with Crippen molar-refractivity contribution >= 4 is 16.0 Å². The van der Waals surface area contributed by atoms with Crippen molar-refractivity contribution in [2.75, 3.05) is 6.26 Å². The summed E-state index contributed by atoms with van der Waals surface area (Å²) in [5.74, 6) is -1.23. The molecule has 82 valence electrons. The van der Waals surface area contributed by atoms with Gasteiger partial charge >= 0.3 is 5.97 Å². The molecule has 1 aromatic carbocycles. The van der Waals surface area contributed by atoms with E-state index in [0.29, 0.717) is 5.56 Å². The Morgan fingerprint density at radius 3 is 2.27 bits per heavy atom. The van der Waals surface area contributed by atoms with Crippen molar-refractivity contribution in [3.63, 3.8) is 0 Å². The van der Waals surface area contributed by atoms with E-state index in [1.807, 2.05) is 4.72 Å². The lowest BCUT2D eigenvalue weighted by Crippen LogP contribution is -2.32. The van der Waals surface area contributed by atoms with E-state index in [2.05, 4.69) is 0 Å². The smallest absolute Gasteiger partial charge is 0.326 e. The largest absolute Gasteiger partial charge is 0.480 e. The third kappa shape index (κ3) is 3.69. The molecule has 0 aliphatic heterocycles. The van der Waals surface area contributed by atoms with Crippen LogP contribution in [-0.2, 0) is 14.8 Å². The van der Waals surface area contributed by atoms with Crippen molar-refractivity contribution in [2.45, 2.75) is 6.04 Å². The molecule has 1 aromatic rings. The number of hydrogen-bond acceptors (Lipinski definition) is 3. The molecule has 0 spiro atoms. The van der Waals surface area contributed by atoms with Crippen LogP contribution in [0.3, 0.4) is 0 Å². The fourth-order valence-electron chi connectivity index (χ4n) is 1.12. The monoisotopic (exact) mass is 229 g/mol. The summed E-state index contributed by atoms with van der Waals surface area (Å²) in [5, 5.41) is 8.86. The first-order valence-electron chi connectivity index (χ1n) is 4.15. The van der Waals surface area contributed by atoms with Crippen molar-refractivity contribution in [3.8, 4) is 0 Å². The summed E-state index contributed by atoms with van der Waals surface area (Å²) in [4.78, 5) is 10.9. The summed E-state index contributed by atoms with van der Waals surface area (Å²) in [5.41, 5.74) is 0.399. The summed E-state index contributed by atoms with van der Waals surface area (Å²) in [6.45, 7) is 0. The van der Waals surface area contributed by atoms with Gasteiger partial charge in [-0.05, 0) is 5.56 Å². The van der Waals surface area contributed by atoms with Gasteiger partial charge in [0.1, 0.15) is 6.04 Å². The molecule has 0 saturated heterocycles. The number of rotatable bonds is 4. The number of carbonyl (C=O) groups is 1. The van der Waals surface area contributed by atoms with Gasteiger partial charge in [0.2, 0.25) is 10.0 Å². The third-order valence-corrected chi connectivity index (χ3v) is 2.38. The quantitative estimate of drug-likeness (QED) is 0.781. The average Bonchev–Trinajstić information content (AvgIpc) is 2.14. The number of aliphatic carboxylic acids is 1. The Labute approximate surface area is 87.8 Å². The standard InChI is InChI=1S/C9H11NO4S/c1-15(13,14)10-8(9(11)12)7-5-3-2-4-6-7/h2-6,8,10H,1H3,(H,11,12)/t8-/m1/s1. The van der Waals surface area contributed by atoms with E-state index in [1.54, 1.807) is 30.3 Å². The van der Waals surface area contributed by atoms with Crippen molar-refractivity contribution in [3.05, 3.63) is 35.9 Å². The number of benzene rings is 1. The number of hydrogen-bond donors (Lipinski definition) is 2. The normalized spacial score (nSPS) is 13.4. The van der Waals surface area contributed by atoms with Crippen molar-refractivity contribution < 1.29 is 18.3 Å². The second-order valence-electron chi connectivity index (χ2n) is 3.07. The molecule has 0 aliphatic carbocycles.